The van der Waals surface area contributed by atoms with Gasteiger partial charge >= 0.3 is 11.9 Å². The first-order chi connectivity index (χ1) is 21.4. The second-order valence-corrected chi connectivity index (χ2v) is 9.74. The van der Waals surface area contributed by atoms with E-state index in [1.54, 1.807) is 26.4 Å². The van der Waals surface area contributed by atoms with Gasteiger partial charge in [-0.3, -0.25) is 0 Å². The smallest absolute Gasteiger partial charge is 0.340 e. The van der Waals surface area contributed by atoms with Crippen LogP contribution in [0.2, 0.25) is 0 Å². The van der Waals surface area contributed by atoms with Gasteiger partial charge in [-0.05, 0) is 58.7 Å². The van der Waals surface area contributed by atoms with E-state index in [0.29, 0.717) is 34.2 Å². The molecular weight excluding hydrogens is 556 g/mol. The summed E-state index contributed by atoms with van der Waals surface area (Å²) in [5.41, 5.74) is 6.10. The van der Waals surface area contributed by atoms with Crippen molar-refractivity contribution in [1.82, 2.24) is 0 Å². The Balaban J connectivity index is 1.62. The summed E-state index contributed by atoms with van der Waals surface area (Å²) in [7, 11) is 5.73. The summed E-state index contributed by atoms with van der Waals surface area (Å²) in [5, 5.41) is 6.59. The van der Waals surface area contributed by atoms with Crippen molar-refractivity contribution in [2.24, 2.45) is 0 Å². The average Bonchev–Trinajstić information content (AvgIpc) is 3.08. The van der Waals surface area contributed by atoms with Crippen LogP contribution >= 0.6 is 0 Å². The highest BCUT2D eigenvalue weighted by atomic mass is 16.5. The molecule has 0 unspecified atom stereocenters. The number of hydrogen-bond donors (Lipinski definition) is 2. The molecule has 0 heterocycles. The van der Waals surface area contributed by atoms with Crippen molar-refractivity contribution in [2.45, 2.75) is 0 Å². The number of ether oxygens (including phenoxy) is 4. The number of benzene rings is 5. The predicted molar refractivity (Wildman–Crippen MR) is 173 cm³/mol. The molecule has 0 aliphatic rings. The highest BCUT2D eigenvalue weighted by molar-refractivity contribution is 6.05. The number of anilines is 4. The van der Waals surface area contributed by atoms with E-state index in [1.165, 1.54) is 14.2 Å². The molecule has 0 atom stereocenters. The number of nitrogens with one attached hydrogen (secondary N) is 2. The summed E-state index contributed by atoms with van der Waals surface area (Å²) in [6.07, 6.45) is 0. The Kier molecular flexibility index (Phi) is 9.10. The molecule has 0 radical (unpaired) electrons. The predicted octanol–water partition coefficient (Wildman–Crippen LogP) is 8.10. The van der Waals surface area contributed by atoms with Crippen LogP contribution in [0.25, 0.3) is 22.3 Å². The third kappa shape index (κ3) is 6.34. The van der Waals surface area contributed by atoms with Crippen LogP contribution in [-0.4, -0.2) is 40.4 Å². The molecule has 5 aromatic carbocycles. The van der Waals surface area contributed by atoms with Gasteiger partial charge in [0.25, 0.3) is 0 Å². The van der Waals surface area contributed by atoms with Crippen molar-refractivity contribution < 1.29 is 28.5 Å². The summed E-state index contributed by atoms with van der Waals surface area (Å²) in [6, 6.07) is 34.3. The molecule has 0 spiro atoms. The van der Waals surface area contributed by atoms with Crippen LogP contribution in [-0.2, 0) is 9.47 Å². The average molecular weight is 589 g/mol. The summed E-state index contributed by atoms with van der Waals surface area (Å²) in [4.78, 5) is 26.2. The second-order valence-electron chi connectivity index (χ2n) is 9.74. The fourth-order valence-electron chi connectivity index (χ4n) is 4.89. The van der Waals surface area contributed by atoms with Gasteiger partial charge in [0.1, 0.15) is 11.5 Å². The van der Waals surface area contributed by atoms with Crippen LogP contribution in [0.3, 0.4) is 0 Å². The van der Waals surface area contributed by atoms with Crippen molar-refractivity contribution in [1.29, 1.82) is 0 Å². The van der Waals surface area contributed by atoms with Gasteiger partial charge in [0.15, 0.2) is 0 Å². The fraction of sp³-hybridized carbons (Fsp3) is 0.111. The van der Waals surface area contributed by atoms with Gasteiger partial charge in [0, 0.05) is 0 Å². The summed E-state index contributed by atoms with van der Waals surface area (Å²) >= 11 is 0. The second kappa shape index (κ2) is 13.5. The van der Waals surface area contributed by atoms with Gasteiger partial charge in [-0.1, -0.05) is 72.8 Å². The number of carbonyl (C=O) groups is 2. The lowest BCUT2D eigenvalue weighted by Crippen LogP contribution is -2.12. The lowest BCUT2D eigenvalue weighted by atomic mass is 10.0. The van der Waals surface area contributed by atoms with Gasteiger partial charge in [0.05, 0.1) is 62.3 Å². The molecule has 44 heavy (non-hydrogen) atoms. The van der Waals surface area contributed by atoms with Crippen LogP contribution in [0.1, 0.15) is 20.7 Å². The number of hydrogen-bond acceptors (Lipinski definition) is 8. The molecule has 0 fully saturated rings. The van der Waals surface area contributed by atoms with Gasteiger partial charge in [0.2, 0.25) is 0 Å². The quantitative estimate of drug-likeness (QED) is 0.158. The van der Waals surface area contributed by atoms with E-state index in [9.17, 15) is 9.59 Å². The van der Waals surface area contributed by atoms with Gasteiger partial charge in [-0.25, -0.2) is 9.59 Å². The highest BCUT2D eigenvalue weighted by Gasteiger charge is 2.23. The largest absolute Gasteiger partial charge is 0.495 e. The van der Waals surface area contributed by atoms with E-state index in [2.05, 4.69) is 10.6 Å². The monoisotopic (exact) mass is 588 g/mol. The van der Waals surface area contributed by atoms with E-state index in [0.717, 1.165) is 22.3 Å². The Morgan fingerprint density at radius 2 is 0.841 bits per heavy atom. The number of rotatable bonds is 10. The third-order valence-electron chi connectivity index (χ3n) is 7.12. The summed E-state index contributed by atoms with van der Waals surface area (Å²) in [5.74, 6) is -0.111. The van der Waals surface area contributed by atoms with Crippen molar-refractivity contribution in [3.05, 3.63) is 120 Å². The van der Waals surface area contributed by atoms with Gasteiger partial charge in [-0.2, -0.15) is 0 Å². The van der Waals surface area contributed by atoms with E-state index >= 15 is 0 Å². The molecule has 0 saturated heterocycles. The molecule has 2 N–H and O–H groups in total. The topological polar surface area (TPSA) is 95.1 Å². The normalized spacial score (nSPS) is 10.5. The van der Waals surface area contributed by atoms with Crippen molar-refractivity contribution in [3.8, 4) is 33.8 Å². The van der Waals surface area contributed by atoms with Crippen LogP contribution < -0.4 is 20.1 Å². The molecule has 5 aromatic rings. The maximum absolute atomic E-state index is 13.1. The maximum Gasteiger partial charge on any atom is 0.340 e. The Morgan fingerprint density at radius 3 is 1.18 bits per heavy atom. The third-order valence-corrected chi connectivity index (χ3v) is 7.12. The fourth-order valence-corrected chi connectivity index (χ4v) is 4.89. The standard InChI is InChI=1S/C36H32N2O6/c1-41-33-17-15-25(23-11-7-5-8-12-23)19-31(33)37-29-21-28(36(40)44-4)30(22-27(29)35(39)43-3)38-32-20-26(16-18-34(32)42-2)24-13-9-6-10-14-24/h5-22,37-38H,1-4H3. The molecule has 5 rings (SSSR count). The number of esters is 2. The summed E-state index contributed by atoms with van der Waals surface area (Å²) in [6.45, 7) is 0. The number of carbonyl (C=O) groups excluding carboxylic acids is 2. The Hall–Kier alpha value is -5.76. The molecule has 0 aromatic heterocycles. The van der Waals surface area contributed by atoms with E-state index in [4.69, 9.17) is 18.9 Å². The Morgan fingerprint density at radius 1 is 0.455 bits per heavy atom. The molecule has 0 saturated carbocycles. The molecule has 0 aliphatic heterocycles. The first kappa shape index (κ1) is 29.7. The zero-order valence-corrected chi connectivity index (χ0v) is 24.8. The minimum atomic E-state index is -0.602. The summed E-state index contributed by atoms with van der Waals surface area (Å²) < 4.78 is 21.5. The highest BCUT2D eigenvalue weighted by Crippen LogP contribution is 2.38. The molecule has 0 amide bonds. The first-order valence-electron chi connectivity index (χ1n) is 13.8. The molecule has 222 valence electrons. The molecule has 0 aliphatic carbocycles. The Bertz CT molecular complexity index is 1660. The minimum Gasteiger partial charge on any atom is -0.495 e. The Labute approximate surface area is 256 Å². The van der Waals surface area contributed by atoms with Gasteiger partial charge < -0.3 is 29.6 Å². The van der Waals surface area contributed by atoms with E-state index in [1.807, 2.05) is 97.1 Å². The van der Waals surface area contributed by atoms with Crippen molar-refractivity contribution in [2.75, 3.05) is 39.1 Å². The SMILES string of the molecule is COC(=O)c1cc(Nc2cc(-c3ccccc3)ccc2OC)c(C(=O)OC)cc1Nc1cc(-c2ccccc2)ccc1OC. The van der Waals surface area contributed by atoms with E-state index in [-0.39, 0.29) is 11.1 Å². The van der Waals surface area contributed by atoms with E-state index < -0.39 is 11.9 Å². The van der Waals surface area contributed by atoms with Crippen LogP contribution in [0.15, 0.2) is 109 Å². The molecule has 8 heteroatoms. The van der Waals surface area contributed by atoms with Crippen LogP contribution in [0, 0.1) is 0 Å². The zero-order chi connectivity index (χ0) is 31.1. The molecular formula is C36H32N2O6. The van der Waals surface area contributed by atoms with Crippen LogP contribution in [0.4, 0.5) is 22.7 Å². The minimum absolute atomic E-state index is 0.188. The molecule has 0 bridgehead atoms. The first-order valence-corrected chi connectivity index (χ1v) is 13.8. The van der Waals surface area contributed by atoms with Gasteiger partial charge in [-0.15, -0.1) is 0 Å². The lowest BCUT2D eigenvalue weighted by Gasteiger charge is -2.20. The van der Waals surface area contributed by atoms with Crippen molar-refractivity contribution in [3.63, 3.8) is 0 Å². The molecule has 8 nitrogen and oxygen atoms in total. The zero-order valence-electron chi connectivity index (χ0n) is 24.8. The number of methoxy groups -OCH3 is 4. The van der Waals surface area contributed by atoms with Crippen LogP contribution in [0.5, 0.6) is 11.5 Å². The maximum atomic E-state index is 13.1. The van der Waals surface area contributed by atoms with Crippen molar-refractivity contribution >= 4 is 34.7 Å². The lowest BCUT2D eigenvalue weighted by molar-refractivity contribution is 0.0588.